The van der Waals surface area contributed by atoms with E-state index in [0.717, 1.165) is 22.3 Å². The first-order valence-corrected chi connectivity index (χ1v) is 10.2. The Hall–Kier alpha value is -3.52. The van der Waals surface area contributed by atoms with Crippen molar-refractivity contribution in [2.45, 2.75) is 26.8 Å². The van der Waals surface area contributed by atoms with Gasteiger partial charge >= 0.3 is 0 Å². The van der Waals surface area contributed by atoms with Crippen molar-refractivity contribution in [2.24, 2.45) is 11.7 Å². The van der Waals surface area contributed by atoms with Crippen LogP contribution in [0.5, 0.6) is 17.2 Å². The number of amides is 1. The zero-order chi connectivity index (χ0) is 23.4. The Morgan fingerprint density at radius 1 is 1.03 bits per heavy atom. The van der Waals surface area contributed by atoms with Gasteiger partial charge in [-0.15, -0.1) is 0 Å². The summed E-state index contributed by atoms with van der Waals surface area (Å²) in [6.07, 6.45) is 1.56. The van der Waals surface area contributed by atoms with Crippen molar-refractivity contribution in [3.8, 4) is 39.6 Å². The van der Waals surface area contributed by atoms with Crippen LogP contribution in [0.2, 0.25) is 0 Å². The molecule has 0 saturated heterocycles. The molecule has 3 rings (SSSR count). The number of hydrogen-bond acceptors (Lipinski definition) is 7. The summed E-state index contributed by atoms with van der Waals surface area (Å²) in [7, 11) is 4.74. The minimum atomic E-state index is -0.635. The summed E-state index contributed by atoms with van der Waals surface area (Å²) >= 11 is 0. The number of nitrogens with one attached hydrogen (secondary N) is 1. The van der Waals surface area contributed by atoms with Gasteiger partial charge in [0.15, 0.2) is 11.5 Å². The monoisotopic (exact) mass is 439 g/mol. The van der Waals surface area contributed by atoms with Gasteiger partial charge in [0.25, 0.3) is 0 Å². The van der Waals surface area contributed by atoms with Crippen molar-refractivity contribution >= 4 is 11.6 Å². The number of nitrogens with zero attached hydrogens (tertiary/aromatic N) is 1. The Balaban J connectivity index is 2.04. The van der Waals surface area contributed by atoms with Gasteiger partial charge in [-0.2, -0.15) is 0 Å². The largest absolute Gasteiger partial charge is 0.495 e. The number of benzene rings is 2. The van der Waals surface area contributed by atoms with Crippen LogP contribution >= 0.6 is 0 Å². The zero-order valence-electron chi connectivity index (χ0n) is 19.2. The number of methoxy groups -OCH3 is 3. The number of carbonyl (C=O) groups is 1. The molecule has 1 atom stereocenters. The molecule has 3 aromatic rings. The van der Waals surface area contributed by atoms with Crippen LogP contribution in [0.25, 0.3) is 22.4 Å². The molecule has 0 fully saturated rings. The lowest BCUT2D eigenvalue weighted by Crippen LogP contribution is -2.39. The Labute approximate surface area is 187 Å². The number of anilines is 1. The summed E-state index contributed by atoms with van der Waals surface area (Å²) in [6.45, 7) is 5.72. The maximum Gasteiger partial charge on any atom is 0.241 e. The quantitative estimate of drug-likeness (QED) is 0.540. The van der Waals surface area contributed by atoms with Crippen LogP contribution in [0, 0.1) is 12.8 Å². The lowest BCUT2D eigenvalue weighted by molar-refractivity contribution is -0.118. The predicted molar refractivity (Wildman–Crippen MR) is 123 cm³/mol. The molecule has 0 aliphatic carbocycles. The van der Waals surface area contributed by atoms with Gasteiger partial charge in [0.2, 0.25) is 5.91 Å². The van der Waals surface area contributed by atoms with E-state index in [4.69, 9.17) is 24.5 Å². The van der Waals surface area contributed by atoms with Crippen LogP contribution < -0.4 is 25.3 Å². The highest BCUT2D eigenvalue weighted by atomic mass is 16.5. The Kier molecular flexibility index (Phi) is 7.05. The van der Waals surface area contributed by atoms with Crippen molar-refractivity contribution < 1.29 is 23.5 Å². The number of ether oxygens (including phenoxy) is 3. The van der Waals surface area contributed by atoms with E-state index < -0.39 is 6.04 Å². The van der Waals surface area contributed by atoms with Crippen LogP contribution in [0.15, 0.2) is 41.1 Å². The van der Waals surface area contributed by atoms with Gasteiger partial charge in [0.05, 0.1) is 33.1 Å². The fourth-order valence-electron chi connectivity index (χ4n) is 3.43. The summed E-state index contributed by atoms with van der Waals surface area (Å²) in [5.41, 5.74) is 10.4. The minimum Gasteiger partial charge on any atom is -0.495 e. The van der Waals surface area contributed by atoms with Crippen molar-refractivity contribution in [2.75, 3.05) is 26.6 Å². The average Bonchev–Trinajstić information content (AvgIpc) is 3.27. The van der Waals surface area contributed by atoms with Crippen molar-refractivity contribution in [1.29, 1.82) is 0 Å². The van der Waals surface area contributed by atoms with Crippen LogP contribution in [0.4, 0.5) is 5.69 Å². The third-order valence-electron chi connectivity index (χ3n) is 5.30. The molecular formula is C24H29N3O5. The SMILES string of the molecule is COc1ccc(-c2conc2-c2cc(C)c(OC)c(OC)c2)cc1NC(=O)C(N)C(C)C. The Bertz CT molecular complexity index is 1110. The first-order chi connectivity index (χ1) is 15.3. The number of hydrogen-bond donors (Lipinski definition) is 2. The van der Waals surface area contributed by atoms with Crippen molar-refractivity contribution in [3.63, 3.8) is 0 Å². The Morgan fingerprint density at radius 2 is 1.75 bits per heavy atom. The fourth-order valence-corrected chi connectivity index (χ4v) is 3.43. The molecule has 0 bridgehead atoms. The van der Waals surface area contributed by atoms with Crippen molar-refractivity contribution in [1.82, 2.24) is 5.16 Å². The van der Waals surface area contributed by atoms with Crippen LogP contribution in [-0.4, -0.2) is 38.4 Å². The van der Waals surface area contributed by atoms with E-state index in [1.54, 1.807) is 33.7 Å². The molecule has 0 aliphatic heterocycles. The fraction of sp³-hybridized carbons (Fsp3) is 0.333. The maximum absolute atomic E-state index is 12.5. The highest BCUT2D eigenvalue weighted by Gasteiger charge is 2.21. The molecule has 2 aromatic carbocycles. The smallest absolute Gasteiger partial charge is 0.241 e. The summed E-state index contributed by atoms with van der Waals surface area (Å²) < 4.78 is 21.6. The average molecular weight is 440 g/mol. The minimum absolute atomic E-state index is 0.00199. The third kappa shape index (κ3) is 4.55. The molecule has 170 valence electrons. The second kappa shape index (κ2) is 9.74. The van der Waals surface area contributed by atoms with E-state index in [0.29, 0.717) is 28.6 Å². The number of carbonyl (C=O) groups excluding carboxylic acids is 1. The lowest BCUT2D eigenvalue weighted by atomic mass is 9.99. The van der Waals surface area contributed by atoms with Crippen LogP contribution in [0.1, 0.15) is 19.4 Å². The molecule has 8 nitrogen and oxygen atoms in total. The molecule has 1 heterocycles. The van der Waals surface area contributed by atoms with Gasteiger partial charge in [-0.05, 0) is 48.2 Å². The molecule has 0 radical (unpaired) electrons. The van der Waals surface area contributed by atoms with E-state index >= 15 is 0 Å². The highest BCUT2D eigenvalue weighted by molar-refractivity contribution is 5.97. The molecule has 0 aliphatic rings. The first kappa shape index (κ1) is 23.1. The van der Waals surface area contributed by atoms with Crippen molar-refractivity contribution in [3.05, 3.63) is 42.2 Å². The van der Waals surface area contributed by atoms with E-state index in [2.05, 4.69) is 10.5 Å². The normalized spacial score (nSPS) is 11.9. The molecule has 1 unspecified atom stereocenters. The number of rotatable bonds is 8. The molecule has 0 saturated carbocycles. The highest BCUT2D eigenvalue weighted by Crippen LogP contribution is 2.40. The van der Waals surface area contributed by atoms with E-state index in [1.807, 2.05) is 45.0 Å². The van der Waals surface area contributed by atoms with Gasteiger partial charge in [-0.25, -0.2) is 0 Å². The molecular weight excluding hydrogens is 410 g/mol. The molecule has 1 aromatic heterocycles. The maximum atomic E-state index is 12.5. The Morgan fingerprint density at radius 3 is 2.38 bits per heavy atom. The summed E-state index contributed by atoms with van der Waals surface area (Å²) in [6, 6.07) is 8.64. The topological polar surface area (TPSA) is 109 Å². The van der Waals surface area contributed by atoms with Crippen LogP contribution in [0.3, 0.4) is 0 Å². The molecule has 32 heavy (non-hydrogen) atoms. The van der Waals surface area contributed by atoms with Gasteiger partial charge in [0, 0.05) is 11.1 Å². The molecule has 0 spiro atoms. The van der Waals surface area contributed by atoms with Gasteiger partial charge in [-0.3, -0.25) is 4.79 Å². The standard InChI is InChI=1S/C24H29N3O5/c1-13(2)21(25)24(28)26-18-10-15(7-8-19(18)29-4)17-12-32-27-22(17)16-9-14(3)23(31-6)20(11-16)30-5/h7-13,21H,25H2,1-6H3,(H,26,28). The second-order valence-corrected chi connectivity index (χ2v) is 7.78. The van der Waals surface area contributed by atoms with Gasteiger partial charge < -0.3 is 29.8 Å². The number of aryl methyl sites for hydroxylation is 1. The lowest BCUT2D eigenvalue weighted by Gasteiger charge is -2.17. The molecule has 8 heteroatoms. The third-order valence-corrected chi connectivity index (χ3v) is 5.30. The molecule has 1 amide bonds. The molecule has 3 N–H and O–H groups in total. The van der Waals surface area contributed by atoms with Crippen LogP contribution in [-0.2, 0) is 4.79 Å². The number of aromatic nitrogens is 1. The summed E-state index contributed by atoms with van der Waals surface area (Å²) in [5, 5.41) is 7.08. The summed E-state index contributed by atoms with van der Waals surface area (Å²) in [5.74, 6) is 1.51. The van der Waals surface area contributed by atoms with E-state index in [1.165, 1.54) is 0 Å². The predicted octanol–water partition coefficient (Wildman–Crippen LogP) is 4.26. The van der Waals surface area contributed by atoms with Gasteiger partial charge in [0.1, 0.15) is 17.7 Å². The van der Waals surface area contributed by atoms with E-state index in [-0.39, 0.29) is 11.8 Å². The number of nitrogens with two attached hydrogens (primary N) is 1. The zero-order valence-corrected chi connectivity index (χ0v) is 19.2. The second-order valence-electron chi connectivity index (χ2n) is 7.78. The summed E-state index contributed by atoms with van der Waals surface area (Å²) in [4.78, 5) is 12.5. The first-order valence-electron chi connectivity index (χ1n) is 10.2. The van der Waals surface area contributed by atoms with E-state index in [9.17, 15) is 4.79 Å². The van der Waals surface area contributed by atoms with Gasteiger partial charge in [-0.1, -0.05) is 25.1 Å².